The van der Waals surface area contributed by atoms with Gasteiger partial charge in [-0.2, -0.15) is 0 Å². The van der Waals surface area contributed by atoms with Crippen LogP contribution in [0.15, 0.2) is 4.63 Å². The zero-order valence-electron chi connectivity index (χ0n) is 12.5. The van der Waals surface area contributed by atoms with Crippen LogP contribution < -0.4 is 5.32 Å². The van der Waals surface area contributed by atoms with Crippen LogP contribution in [0.3, 0.4) is 0 Å². The van der Waals surface area contributed by atoms with E-state index in [1.807, 2.05) is 20.8 Å². The van der Waals surface area contributed by atoms with E-state index >= 15 is 0 Å². The highest BCUT2D eigenvalue weighted by molar-refractivity contribution is 5.71. The van der Waals surface area contributed by atoms with Crippen molar-refractivity contribution in [1.29, 1.82) is 0 Å². The summed E-state index contributed by atoms with van der Waals surface area (Å²) in [6.45, 7) is 8.70. The first kappa shape index (κ1) is 15.0. The quantitative estimate of drug-likeness (QED) is 0.877. The number of carbonyl (C=O) groups is 1. The molecule has 1 aromatic rings. The third-order valence-corrected chi connectivity index (χ3v) is 5.02. The van der Waals surface area contributed by atoms with Crippen LogP contribution in [0.4, 0.5) is 0 Å². The molecule has 0 spiro atoms. The van der Waals surface area contributed by atoms with Gasteiger partial charge in [0.05, 0.1) is 5.92 Å². The van der Waals surface area contributed by atoms with Gasteiger partial charge in [0.15, 0.2) is 0 Å². The van der Waals surface area contributed by atoms with Gasteiger partial charge in [-0.1, -0.05) is 31.1 Å². The van der Waals surface area contributed by atoms with E-state index in [-0.39, 0.29) is 23.3 Å². The van der Waals surface area contributed by atoms with Crippen molar-refractivity contribution in [2.75, 3.05) is 0 Å². The van der Waals surface area contributed by atoms with Crippen LogP contribution in [0.25, 0.3) is 0 Å². The highest BCUT2D eigenvalue weighted by Gasteiger charge is 2.46. The van der Waals surface area contributed by atoms with Gasteiger partial charge in [-0.3, -0.25) is 4.79 Å². The Bertz CT molecular complexity index is 484. The maximum atomic E-state index is 11.4. The number of hydrogen-bond donors (Lipinski definition) is 2. The van der Waals surface area contributed by atoms with Gasteiger partial charge in [-0.15, -0.1) is 0 Å². The Morgan fingerprint density at radius 2 is 2.15 bits per heavy atom. The number of nitrogens with one attached hydrogen (secondary N) is 1. The highest BCUT2D eigenvalue weighted by Crippen LogP contribution is 2.45. The number of aliphatic carboxylic acids is 1. The number of nitrogens with zero attached hydrogens (tertiary/aromatic N) is 2. The minimum absolute atomic E-state index is 0.223. The Kier molecular flexibility index (Phi) is 4.13. The van der Waals surface area contributed by atoms with E-state index < -0.39 is 5.97 Å². The molecular formula is C14H23N3O3. The van der Waals surface area contributed by atoms with E-state index in [4.69, 9.17) is 0 Å². The lowest BCUT2D eigenvalue weighted by molar-refractivity contribution is -0.150. The number of carboxylic acids is 1. The molecule has 1 heterocycles. The van der Waals surface area contributed by atoms with Crippen molar-refractivity contribution in [3.05, 3.63) is 11.4 Å². The summed E-state index contributed by atoms with van der Waals surface area (Å²) in [6.07, 6.45) is 1.58. The number of rotatable bonds is 4. The zero-order valence-corrected chi connectivity index (χ0v) is 12.5. The molecule has 0 aliphatic heterocycles. The second-order valence-electron chi connectivity index (χ2n) is 6.36. The van der Waals surface area contributed by atoms with E-state index in [9.17, 15) is 9.90 Å². The maximum absolute atomic E-state index is 11.4. The van der Waals surface area contributed by atoms with Crippen molar-refractivity contribution in [3.8, 4) is 0 Å². The van der Waals surface area contributed by atoms with Crippen LogP contribution in [0, 0.1) is 24.2 Å². The average Bonchev–Trinajstić information content (AvgIpc) is 2.76. The first-order valence-corrected chi connectivity index (χ1v) is 7.08. The molecular weight excluding hydrogens is 258 g/mol. The van der Waals surface area contributed by atoms with Gasteiger partial charge in [0.25, 0.3) is 0 Å². The molecule has 0 bridgehead atoms. The molecule has 0 amide bonds. The fraction of sp³-hybridized carbons (Fsp3) is 0.786. The lowest BCUT2D eigenvalue weighted by atomic mass is 9.61. The predicted molar refractivity (Wildman–Crippen MR) is 73.0 cm³/mol. The molecule has 6 nitrogen and oxygen atoms in total. The number of aromatic nitrogens is 2. The molecule has 1 aromatic heterocycles. The van der Waals surface area contributed by atoms with Crippen LogP contribution in [0.5, 0.6) is 0 Å². The van der Waals surface area contributed by atoms with Gasteiger partial charge in [0, 0.05) is 12.6 Å². The molecule has 1 saturated carbocycles. The Morgan fingerprint density at radius 3 is 2.70 bits per heavy atom. The average molecular weight is 281 g/mol. The first-order valence-electron chi connectivity index (χ1n) is 7.08. The molecule has 2 rings (SSSR count). The monoisotopic (exact) mass is 281 g/mol. The summed E-state index contributed by atoms with van der Waals surface area (Å²) in [4.78, 5) is 11.4. The minimum atomic E-state index is -0.683. The first-order chi connectivity index (χ1) is 9.34. The van der Waals surface area contributed by atoms with Crippen molar-refractivity contribution < 1.29 is 14.5 Å². The van der Waals surface area contributed by atoms with E-state index in [0.717, 1.165) is 17.8 Å². The van der Waals surface area contributed by atoms with Gasteiger partial charge in [0.2, 0.25) is 0 Å². The molecule has 1 fully saturated rings. The SMILES string of the molecule is Cc1nonc1CNC1CCC(C(=O)O)C(C)(C)C1C. The Labute approximate surface area is 118 Å². The minimum Gasteiger partial charge on any atom is -0.481 e. The summed E-state index contributed by atoms with van der Waals surface area (Å²) in [6, 6.07) is 0.289. The van der Waals surface area contributed by atoms with E-state index in [0.29, 0.717) is 13.0 Å². The molecule has 112 valence electrons. The normalized spacial score (nSPS) is 29.3. The molecule has 0 saturated heterocycles. The lowest BCUT2D eigenvalue weighted by Gasteiger charge is -2.46. The van der Waals surface area contributed by atoms with Crippen LogP contribution in [-0.4, -0.2) is 27.4 Å². The summed E-state index contributed by atoms with van der Waals surface area (Å²) in [7, 11) is 0. The Balaban J connectivity index is 2.01. The predicted octanol–water partition coefficient (Wildman–Crippen LogP) is 1.99. The number of carboxylic acid groups (broad SMARTS) is 1. The smallest absolute Gasteiger partial charge is 0.307 e. The summed E-state index contributed by atoms with van der Waals surface area (Å²) < 4.78 is 4.68. The van der Waals surface area contributed by atoms with Gasteiger partial charge in [-0.25, -0.2) is 4.63 Å². The summed E-state index contributed by atoms with van der Waals surface area (Å²) >= 11 is 0. The van der Waals surface area contributed by atoms with Crippen molar-refractivity contribution in [2.45, 2.75) is 53.1 Å². The largest absolute Gasteiger partial charge is 0.481 e. The van der Waals surface area contributed by atoms with E-state index in [2.05, 4.69) is 27.2 Å². The number of aryl methyl sites for hydroxylation is 1. The molecule has 20 heavy (non-hydrogen) atoms. The standard InChI is InChI=1S/C14H23N3O3/c1-8-11(15-7-12-9(2)16-20-17-12)6-5-10(13(18)19)14(8,3)4/h8,10-11,15H,5-7H2,1-4H3,(H,18,19). The van der Waals surface area contributed by atoms with Crippen molar-refractivity contribution in [3.63, 3.8) is 0 Å². The second kappa shape index (κ2) is 5.52. The van der Waals surface area contributed by atoms with E-state index in [1.165, 1.54) is 0 Å². The molecule has 2 N–H and O–H groups in total. The van der Waals surface area contributed by atoms with Gasteiger partial charge < -0.3 is 10.4 Å². The topological polar surface area (TPSA) is 88.3 Å². The van der Waals surface area contributed by atoms with Crippen LogP contribution in [0.2, 0.25) is 0 Å². The Morgan fingerprint density at radius 1 is 1.45 bits per heavy atom. The van der Waals surface area contributed by atoms with Crippen molar-refractivity contribution in [2.24, 2.45) is 17.3 Å². The molecule has 1 aliphatic rings. The molecule has 3 atom stereocenters. The number of hydrogen-bond acceptors (Lipinski definition) is 5. The third kappa shape index (κ3) is 2.70. The molecule has 3 unspecified atom stereocenters. The van der Waals surface area contributed by atoms with Gasteiger partial charge >= 0.3 is 5.97 Å². The van der Waals surface area contributed by atoms with Crippen molar-refractivity contribution >= 4 is 5.97 Å². The summed E-state index contributed by atoms with van der Waals surface area (Å²) in [5.74, 6) is -0.680. The van der Waals surface area contributed by atoms with Crippen LogP contribution in [0.1, 0.15) is 45.0 Å². The molecule has 0 radical (unpaired) electrons. The van der Waals surface area contributed by atoms with Gasteiger partial charge in [-0.05, 0) is 31.1 Å². The summed E-state index contributed by atoms with van der Waals surface area (Å²) in [5.41, 5.74) is 1.39. The summed E-state index contributed by atoms with van der Waals surface area (Å²) in [5, 5.41) is 20.4. The lowest BCUT2D eigenvalue weighted by Crippen LogP contribution is -2.50. The van der Waals surface area contributed by atoms with Crippen LogP contribution >= 0.6 is 0 Å². The van der Waals surface area contributed by atoms with Crippen molar-refractivity contribution in [1.82, 2.24) is 15.6 Å². The third-order valence-electron chi connectivity index (χ3n) is 5.02. The van der Waals surface area contributed by atoms with Crippen LogP contribution in [-0.2, 0) is 11.3 Å². The maximum Gasteiger partial charge on any atom is 0.307 e. The fourth-order valence-electron chi connectivity index (χ4n) is 3.16. The Hall–Kier alpha value is -1.43. The molecule has 0 aromatic carbocycles. The fourth-order valence-corrected chi connectivity index (χ4v) is 3.16. The molecule has 6 heteroatoms. The zero-order chi connectivity index (χ0) is 14.9. The second-order valence-corrected chi connectivity index (χ2v) is 6.36. The molecule has 1 aliphatic carbocycles. The highest BCUT2D eigenvalue weighted by atomic mass is 16.6. The van der Waals surface area contributed by atoms with Gasteiger partial charge in [0.1, 0.15) is 11.4 Å². The van der Waals surface area contributed by atoms with E-state index in [1.54, 1.807) is 0 Å².